The Morgan fingerprint density at radius 1 is 1.27 bits per heavy atom. The fourth-order valence-corrected chi connectivity index (χ4v) is 2.96. The lowest BCUT2D eigenvalue weighted by Gasteiger charge is -2.07. The van der Waals surface area contributed by atoms with Crippen molar-refractivity contribution < 1.29 is 9.18 Å². The molecule has 1 N–H and O–H groups in total. The van der Waals surface area contributed by atoms with Gasteiger partial charge >= 0.3 is 0 Å². The number of benzene rings is 2. The minimum Gasteiger partial charge on any atom is -0.351 e. The zero-order valence-electron chi connectivity index (χ0n) is 12.2. The van der Waals surface area contributed by atoms with Gasteiger partial charge in [-0.2, -0.15) is 11.8 Å². The number of halogens is 2. The summed E-state index contributed by atoms with van der Waals surface area (Å²) < 4.78 is 13.6. The second-order valence-corrected chi connectivity index (χ2v) is 6.46. The Kier molecular flexibility index (Phi) is 6.28. The Balaban J connectivity index is 1.73. The largest absolute Gasteiger partial charge is 0.351 e. The molecule has 0 saturated carbocycles. The number of carbonyl (C=O) groups excluding carboxylic acids is 1. The van der Waals surface area contributed by atoms with E-state index in [9.17, 15) is 9.18 Å². The number of aryl methyl sites for hydroxylation is 1. The van der Waals surface area contributed by atoms with Crippen molar-refractivity contribution in [3.63, 3.8) is 0 Å². The monoisotopic (exact) mass is 337 g/mol. The van der Waals surface area contributed by atoms with Crippen molar-refractivity contribution >= 4 is 29.3 Å². The van der Waals surface area contributed by atoms with Crippen LogP contribution in [0.15, 0.2) is 42.5 Å². The van der Waals surface area contributed by atoms with E-state index in [-0.39, 0.29) is 10.6 Å². The molecule has 5 heteroatoms. The van der Waals surface area contributed by atoms with Gasteiger partial charge in [-0.15, -0.1) is 0 Å². The quantitative estimate of drug-likeness (QED) is 0.789. The van der Waals surface area contributed by atoms with Gasteiger partial charge in [0.15, 0.2) is 0 Å². The van der Waals surface area contributed by atoms with Crippen molar-refractivity contribution in [1.82, 2.24) is 5.32 Å². The van der Waals surface area contributed by atoms with E-state index in [4.69, 9.17) is 11.6 Å². The molecule has 2 rings (SSSR count). The highest BCUT2D eigenvalue weighted by molar-refractivity contribution is 7.98. The maximum Gasteiger partial charge on any atom is 0.254 e. The summed E-state index contributed by atoms with van der Waals surface area (Å²) >= 11 is 7.39. The van der Waals surface area contributed by atoms with Gasteiger partial charge in [-0.3, -0.25) is 4.79 Å². The lowest BCUT2D eigenvalue weighted by atomic mass is 10.2. The van der Waals surface area contributed by atoms with E-state index >= 15 is 0 Å². The first kappa shape index (κ1) is 16.8. The van der Waals surface area contributed by atoms with Crippen LogP contribution in [-0.4, -0.2) is 18.2 Å². The maximum absolute atomic E-state index is 13.6. The smallest absolute Gasteiger partial charge is 0.254 e. The van der Waals surface area contributed by atoms with Crippen LogP contribution in [-0.2, 0) is 5.75 Å². The Hall–Kier alpha value is -1.52. The van der Waals surface area contributed by atoms with Crippen molar-refractivity contribution in [3.8, 4) is 0 Å². The van der Waals surface area contributed by atoms with Gasteiger partial charge in [0.25, 0.3) is 5.91 Å². The third-order valence-electron chi connectivity index (χ3n) is 3.06. The molecule has 0 bridgehead atoms. The predicted octanol–water partition coefficient (Wildman–Crippen LogP) is 4.45. The zero-order chi connectivity index (χ0) is 15.9. The summed E-state index contributed by atoms with van der Waals surface area (Å²) in [6.45, 7) is 2.56. The first-order chi connectivity index (χ1) is 10.6. The van der Waals surface area contributed by atoms with Gasteiger partial charge in [-0.25, -0.2) is 4.39 Å². The summed E-state index contributed by atoms with van der Waals surface area (Å²) in [7, 11) is 0. The SMILES string of the molecule is Cc1cccc(CSCCNC(=O)c2ccc(Cl)cc2F)c1. The van der Waals surface area contributed by atoms with E-state index in [0.29, 0.717) is 6.54 Å². The molecule has 0 aliphatic carbocycles. The lowest BCUT2D eigenvalue weighted by Crippen LogP contribution is -2.26. The molecule has 116 valence electrons. The molecule has 0 atom stereocenters. The van der Waals surface area contributed by atoms with E-state index in [2.05, 4.69) is 30.4 Å². The highest BCUT2D eigenvalue weighted by Crippen LogP contribution is 2.15. The van der Waals surface area contributed by atoms with Gasteiger partial charge in [0.1, 0.15) is 5.82 Å². The summed E-state index contributed by atoms with van der Waals surface area (Å²) in [5.74, 6) is 0.657. The predicted molar refractivity (Wildman–Crippen MR) is 91.1 cm³/mol. The summed E-state index contributed by atoms with van der Waals surface area (Å²) in [6.07, 6.45) is 0. The van der Waals surface area contributed by atoms with E-state index in [1.54, 1.807) is 11.8 Å². The first-order valence-electron chi connectivity index (χ1n) is 6.93. The summed E-state index contributed by atoms with van der Waals surface area (Å²) in [5, 5.41) is 2.99. The third kappa shape index (κ3) is 5.04. The Morgan fingerprint density at radius 3 is 2.82 bits per heavy atom. The van der Waals surface area contributed by atoms with E-state index in [1.807, 2.05) is 6.07 Å². The van der Waals surface area contributed by atoms with Gasteiger partial charge in [-0.05, 0) is 30.7 Å². The third-order valence-corrected chi connectivity index (χ3v) is 4.32. The van der Waals surface area contributed by atoms with E-state index < -0.39 is 11.7 Å². The van der Waals surface area contributed by atoms with Gasteiger partial charge in [0.05, 0.1) is 5.56 Å². The minimum absolute atomic E-state index is 0.0214. The molecular weight excluding hydrogens is 321 g/mol. The number of hydrogen-bond donors (Lipinski definition) is 1. The highest BCUT2D eigenvalue weighted by Gasteiger charge is 2.11. The maximum atomic E-state index is 13.6. The number of rotatable bonds is 6. The molecule has 0 radical (unpaired) electrons. The molecule has 0 heterocycles. The molecule has 0 saturated heterocycles. The standard InChI is InChI=1S/C17H17ClFNOS/c1-12-3-2-4-13(9-12)11-22-8-7-20-17(21)15-6-5-14(18)10-16(15)19/h2-6,9-10H,7-8,11H2,1H3,(H,20,21). The van der Waals surface area contributed by atoms with E-state index in [0.717, 1.165) is 17.6 Å². The van der Waals surface area contributed by atoms with Gasteiger partial charge in [0, 0.05) is 23.1 Å². The molecule has 2 aromatic carbocycles. The fraction of sp³-hybridized carbons (Fsp3) is 0.235. The molecule has 0 aliphatic rings. The molecule has 2 aromatic rings. The molecule has 1 amide bonds. The van der Waals surface area contributed by atoms with Gasteiger partial charge in [-0.1, -0.05) is 41.4 Å². The Labute approximate surface area is 139 Å². The van der Waals surface area contributed by atoms with Crippen LogP contribution in [0.4, 0.5) is 4.39 Å². The Morgan fingerprint density at radius 2 is 2.09 bits per heavy atom. The fourth-order valence-electron chi connectivity index (χ4n) is 2.00. The normalized spacial score (nSPS) is 10.5. The number of carbonyl (C=O) groups is 1. The zero-order valence-corrected chi connectivity index (χ0v) is 13.8. The summed E-state index contributed by atoms with van der Waals surface area (Å²) in [6, 6.07) is 12.4. The molecule has 2 nitrogen and oxygen atoms in total. The second-order valence-electron chi connectivity index (χ2n) is 4.92. The summed E-state index contributed by atoms with van der Waals surface area (Å²) in [4.78, 5) is 11.9. The molecular formula is C17H17ClFNOS. The van der Waals surface area contributed by atoms with E-state index in [1.165, 1.54) is 23.3 Å². The first-order valence-corrected chi connectivity index (χ1v) is 8.46. The van der Waals surface area contributed by atoms with Crippen LogP contribution in [0.5, 0.6) is 0 Å². The van der Waals surface area contributed by atoms with Crippen LogP contribution in [0.1, 0.15) is 21.5 Å². The molecule has 0 unspecified atom stereocenters. The van der Waals surface area contributed by atoms with Gasteiger partial charge < -0.3 is 5.32 Å². The van der Waals surface area contributed by atoms with Crippen LogP contribution in [0, 0.1) is 12.7 Å². The van der Waals surface area contributed by atoms with Crippen LogP contribution in [0.25, 0.3) is 0 Å². The average Bonchev–Trinajstić information content (AvgIpc) is 2.46. The number of amides is 1. The lowest BCUT2D eigenvalue weighted by molar-refractivity contribution is 0.0952. The van der Waals surface area contributed by atoms with Crippen molar-refractivity contribution in [3.05, 3.63) is 70.0 Å². The van der Waals surface area contributed by atoms with Crippen LogP contribution in [0.2, 0.25) is 5.02 Å². The van der Waals surface area contributed by atoms with Crippen molar-refractivity contribution in [2.45, 2.75) is 12.7 Å². The number of nitrogens with one attached hydrogen (secondary N) is 1. The number of hydrogen-bond acceptors (Lipinski definition) is 2. The molecule has 0 aliphatic heterocycles. The van der Waals surface area contributed by atoms with Gasteiger partial charge in [0.2, 0.25) is 0 Å². The molecule has 0 aromatic heterocycles. The summed E-state index contributed by atoms with van der Waals surface area (Å²) in [5.41, 5.74) is 2.53. The number of thioether (sulfide) groups is 1. The van der Waals surface area contributed by atoms with Crippen molar-refractivity contribution in [2.75, 3.05) is 12.3 Å². The van der Waals surface area contributed by atoms with Crippen LogP contribution >= 0.6 is 23.4 Å². The second kappa shape index (κ2) is 8.20. The van der Waals surface area contributed by atoms with Crippen molar-refractivity contribution in [1.29, 1.82) is 0 Å². The van der Waals surface area contributed by atoms with Crippen LogP contribution in [0.3, 0.4) is 0 Å². The minimum atomic E-state index is -0.600. The Bertz CT molecular complexity index is 663. The molecule has 0 spiro atoms. The average molecular weight is 338 g/mol. The molecule has 22 heavy (non-hydrogen) atoms. The highest BCUT2D eigenvalue weighted by atomic mass is 35.5. The topological polar surface area (TPSA) is 29.1 Å². The van der Waals surface area contributed by atoms with Crippen LogP contribution < -0.4 is 5.32 Å². The molecule has 0 fully saturated rings. The van der Waals surface area contributed by atoms with Crippen molar-refractivity contribution in [2.24, 2.45) is 0 Å².